The van der Waals surface area contributed by atoms with Gasteiger partial charge in [0.05, 0.1) is 31.2 Å². The van der Waals surface area contributed by atoms with Gasteiger partial charge in [-0.1, -0.05) is 18.2 Å². The van der Waals surface area contributed by atoms with E-state index in [0.717, 1.165) is 37.6 Å². The summed E-state index contributed by atoms with van der Waals surface area (Å²) in [4.78, 5) is 2.32. The zero-order valence-electron chi connectivity index (χ0n) is 17.5. The second kappa shape index (κ2) is 9.63. The lowest BCUT2D eigenvalue weighted by Crippen LogP contribution is -2.36. The summed E-state index contributed by atoms with van der Waals surface area (Å²) < 4.78 is 30.1. The summed E-state index contributed by atoms with van der Waals surface area (Å²) >= 11 is 5.45. The SMILES string of the molecule is C[C@H](NC(=S)Nc1cccc(N(C)S(C)(=O)=O)c1)c1ccc(N2CCOCC2)cc1. The molecule has 1 aliphatic rings. The first-order valence-corrected chi connectivity index (χ1v) is 12.0. The molecule has 1 atom stereocenters. The number of hydrogen-bond acceptors (Lipinski definition) is 5. The van der Waals surface area contributed by atoms with Crippen LogP contribution >= 0.6 is 12.2 Å². The van der Waals surface area contributed by atoms with Crippen molar-refractivity contribution in [2.75, 3.05) is 54.1 Å². The molecule has 2 N–H and O–H groups in total. The number of morpholine rings is 1. The van der Waals surface area contributed by atoms with Gasteiger partial charge in [-0.15, -0.1) is 0 Å². The molecule has 0 aromatic heterocycles. The van der Waals surface area contributed by atoms with Crippen LogP contribution < -0.4 is 19.8 Å². The van der Waals surface area contributed by atoms with Crippen molar-refractivity contribution < 1.29 is 13.2 Å². The van der Waals surface area contributed by atoms with Gasteiger partial charge in [0.15, 0.2) is 5.11 Å². The fourth-order valence-electron chi connectivity index (χ4n) is 3.21. The van der Waals surface area contributed by atoms with E-state index in [2.05, 4.69) is 39.8 Å². The van der Waals surface area contributed by atoms with E-state index >= 15 is 0 Å². The summed E-state index contributed by atoms with van der Waals surface area (Å²) in [6.45, 7) is 5.40. The number of anilines is 3. The lowest BCUT2D eigenvalue weighted by atomic mass is 10.1. The Balaban J connectivity index is 1.59. The van der Waals surface area contributed by atoms with Crippen molar-refractivity contribution in [1.29, 1.82) is 0 Å². The molecule has 1 aliphatic heterocycles. The summed E-state index contributed by atoms with van der Waals surface area (Å²) in [5.74, 6) is 0. The van der Waals surface area contributed by atoms with Crippen LogP contribution in [0.5, 0.6) is 0 Å². The molecule has 7 nitrogen and oxygen atoms in total. The minimum atomic E-state index is -3.32. The highest BCUT2D eigenvalue weighted by Gasteiger charge is 2.14. The normalized spacial score (nSPS) is 15.4. The molecule has 0 saturated carbocycles. The Bertz CT molecular complexity index is 974. The zero-order chi connectivity index (χ0) is 21.7. The second-order valence-electron chi connectivity index (χ2n) is 7.29. The highest BCUT2D eigenvalue weighted by Crippen LogP contribution is 2.22. The van der Waals surface area contributed by atoms with E-state index in [-0.39, 0.29) is 6.04 Å². The number of ether oxygens (including phenoxy) is 1. The van der Waals surface area contributed by atoms with Crippen LogP contribution in [-0.2, 0) is 14.8 Å². The van der Waals surface area contributed by atoms with Gasteiger partial charge in [-0.05, 0) is 55.0 Å². The minimum Gasteiger partial charge on any atom is -0.378 e. The molecule has 0 amide bonds. The zero-order valence-corrected chi connectivity index (χ0v) is 19.1. The van der Waals surface area contributed by atoms with Crippen molar-refractivity contribution in [3.63, 3.8) is 0 Å². The average Bonchev–Trinajstić information content (AvgIpc) is 2.73. The van der Waals surface area contributed by atoms with E-state index < -0.39 is 10.0 Å². The molecular weight excluding hydrogens is 420 g/mol. The summed E-state index contributed by atoms with van der Waals surface area (Å²) in [6, 6.07) is 15.6. The first-order valence-electron chi connectivity index (χ1n) is 9.78. The minimum absolute atomic E-state index is 0.0191. The number of benzene rings is 2. The quantitative estimate of drug-likeness (QED) is 0.658. The Morgan fingerprint density at radius 3 is 2.47 bits per heavy atom. The molecule has 1 saturated heterocycles. The van der Waals surface area contributed by atoms with Crippen LogP contribution in [0.15, 0.2) is 48.5 Å². The van der Waals surface area contributed by atoms with Gasteiger partial charge in [-0.25, -0.2) is 8.42 Å². The topological polar surface area (TPSA) is 73.9 Å². The molecule has 0 spiro atoms. The maximum Gasteiger partial charge on any atom is 0.231 e. The van der Waals surface area contributed by atoms with Gasteiger partial charge in [0, 0.05) is 31.5 Å². The molecule has 1 fully saturated rings. The monoisotopic (exact) mass is 448 g/mol. The number of thiocarbonyl (C=S) groups is 1. The van der Waals surface area contributed by atoms with Crippen molar-refractivity contribution >= 4 is 44.4 Å². The molecule has 30 heavy (non-hydrogen) atoms. The van der Waals surface area contributed by atoms with Crippen LogP contribution in [0, 0.1) is 0 Å². The highest BCUT2D eigenvalue weighted by molar-refractivity contribution is 7.92. The van der Waals surface area contributed by atoms with Crippen LogP contribution in [0.25, 0.3) is 0 Å². The van der Waals surface area contributed by atoms with Crippen molar-refractivity contribution in [2.24, 2.45) is 0 Å². The Hall–Kier alpha value is -2.36. The standard InChI is InChI=1S/C21H28N4O3S2/c1-16(17-7-9-19(10-8-17)25-11-13-28-14-12-25)22-21(29)23-18-5-4-6-20(15-18)24(2)30(3,26)27/h4-10,15-16H,11-14H2,1-3H3,(H2,22,23,29)/t16-/m0/s1. The Morgan fingerprint density at radius 2 is 1.83 bits per heavy atom. The van der Waals surface area contributed by atoms with Gasteiger partial charge in [-0.3, -0.25) is 4.31 Å². The molecule has 2 aromatic rings. The molecule has 0 unspecified atom stereocenters. The molecule has 0 radical (unpaired) electrons. The van der Waals surface area contributed by atoms with E-state index in [4.69, 9.17) is 17.0 Å². The smallest absolute Gasteiger partial charge is 0.231 e. The van der Waals surface area contributed by atoms with Crippen LogP contribution in [0.1, 0.15) is 18.5 Å². The fourth-order valence-corrected chi connectivity index (χ4v) is 4.00. The van der Waals surface area contributed by atoms with Gasteiger partial charge < -0.3 is 20.3 Å². The molecule has 1 heterocycles. The molecule has 9 heteroatoms. The molecule has 0 aliphatic carbocycles. The number of hydrogen-bond donors (Lipinski definition) is 2. The maximum absolute atomic E-state index is 11.8. The average molecular weight is 449 g/mol. The number of nitrogens with one attached hydrogen (secondary N) is 2. The summed E-state index contributed by atoms with van der Waals surface area (Å²) in [5, 5.41) is 6.88. The third-order valence-corrected chi connectivity index (χ3v) is 6.51. The van der Waals surface area contributed by atoms with Crippen LogP contribution in [0.2, 0.25) is 0 Å². The highest BCUT2D eigenvalue weighted by atomic mass is 32.2. The predicted molar refractivity (Wildman–Crippen MR) is 127 cm³/mol. The number of sulfonamides is 1. The molecule has 0 bridgehead atoms. The van der Waals surface area contributed by atoms with Gasteiger partial charge in [0.1, 0.15) is 0 Å². The van der Waals surface area contributed by atoms with Crippen LogP contribution in [0.3, 0.4) is 0 Å². The Kier molecular flexibility index (Phi) is 7.17. The molecule has 2 aromatic carbocycles. The van der Waals surface area contributed by atoms with Crippen molar-refractivity contribution in [1.82, 2.24) is 5.32 Å². The second-order valence-corrected chi connectivity index (χ2v) is 9.71. The van der Waals surface area contributed by atoms with Gasteiger partial charge in [0.25, 0.3) is 0 Å². The van der Waals surface area contributed by atoms with Crippen molar-refractivity contribution in [3.8, 4) is 0 Å². The largest absolute Gasteiger partial charge is 0.378 e. The third kappa shape index (κ3) is 5.84. The van der Waals surface area contributed by atoms with Crippen molar-refractivity contribution in [2.45, 2.75) is 13.0 Å². The van der Waals surface area contributed by atoms with Crippen molar-refractivity contribution in [3.05, 3.63) is 54.1 Å². The lowest BCUT2D eigenvalue weighted by molar-refractivity contribution is 0.122. The van der Waals surface area contributed by atoms with Gasteiger partial charge >= 0.3 is 0 Å². The number of nitrogens with zero attached hydrogens (tertiary/aromatic N) is 2. The first-order chi connectivity index (χ1) is 14.2. The summed E-state index contributed by atoms with van der Waals surface area (Å²) in [5.41, 5.74) is 3.61. The Labute approximate surface area is 184 Å². The number of rotatable bonds is 6. The van der Waals surface area contributed by atoms with Crippen LogP contribution in [-0.4, -0.2) is 53.1 Å². The van der Waals surface area contributed by atoms with E-state index in [1.165, 1.54) is 23.3 Å². The van der Waals surface area contributed by atoms with E-state index in [0.29, 0.717) is 10.8 Å². The van der Waals surface area contributed by atoms with E-state index in [9.17, 15) is 8.42 Å². The summed E-state index contributed by atoms with van der Waals surface area (Å²) in [6.07, 6.45) is 1.17. The molecule has 3 rings (SSSR count). The first kappa shape index (κ1) is 22.3. The fraction of sp³-hybridized carbons (Fsp3) is 0.381. The van der Waals surface area contributed by atoms with E-state index in [1.807, 2.05) is 13.0 Å². The Morgan fingerprint density at radius 1 is 1.17 bits per heavy atom. The van der Waals surface area contributed by atoms with Gasteiger partial charge in [0.2, 0.25) is 10.0 Å². The molecular formula is C21H28N4O3S2. The predicted octanol–water partition coefficient (Wildman–Crippen LogP) is 2.97. The summed E-state index contributed by atoms with van der Waals surface area (Å²) in [7, 11) is -1.80. The lowest BCUT2D eigenvalue weighted by Gasteiger charge is -2.29. The third-order valence-electron chi connectivity index (χ3n) is 5.08. The molecule has 162 valence electrons. The maximum atomic E-state index is 11.8. The van der Waals surface area contributed by atoms with E-state index in [1.54, 1.807) is 18.2 Å². The van der Waals surface area contributed by atoms with Crippen LogP contribution in [0.4, 0.5) is 17.1 Å². The van der Waals surface area contributed by atoms with Gasteiger partial charge in [-0.2, -0.15) is 0 Å².